The van der Waals surface area contributed by atoms with Crippen molar-refractivity contribution in [2.75, 3.05) is 0 Å². The number of amides is 2. The Bertz CT molecular complexity index is 604. The van der Waals surface area contributed by atoms with Crippen molar-refractivity contribution in [1.82, 2.24) is 10.2 Å². The molecule has 1 aliphatic heterocycles. The Morgan fingerprint density at radius 1 is 1.36 bits per heavy atom. The Morgan fingerprint density at radius 3 is 2.77 bits per heavy atom. The summed E-state index contributed by atoms with van der Waals surface area (Å²) in [5.74, 6) is -0.486. The second-order valence-electron chi connectivity index (χ2n) is 5.89. The molecule has 0 radical (unpaired) electrons. The van der Waals surface area contributed by atoms with Crippen LogP contribution in [0.3, 0.4) is 0 Å². The molecular weight excluding hydrogens is 307 g/mol. The Morgan fingerprint density at radius 2 is 2.14 bits per heavy atom. The van der Waals surface area contributed by atoms with E-state index < -0.39 is 5.82 Å². The molecular formula is C16H18ClFN2O2. The van der Waals surface area contributed by atoms with E-state index in [9.17, 15) is 14.0 Å². The maximum atomic E-state index is 13.0. The molecule has 0 bridgehead atoms. The molecule has 0 aromatic heterocycles. The van der Waals surface area contributed by atoms with Crippen LogP contribution in [0.15, 0.2) is 18.2 Å². The average molecular weight is 325 g/mol. The van der Waals surface area contributed by atoms with Crippen molar-refractivity contribution >= 4 is 23.4 Å². The van der Waals surface area contributed by atoms with E-state index in [0.717, 1.165) is 19.3 Å². The zero-order valence-electron chi connectivity index (χ0n) is 12.1. The van der Waals surface area contributed by atoms with Crippen LogP contribution in [0, 0.1) is 5.82 Å². The minimum atomic E-state index is -0.405. The van der Waals surface area contributed by atoms with Gasteiger partial charge in [0.1, 0.15) is 11.9 Å². The fourth-order valence-corrected chi connectivity index (χ4v) is 3.28. The van der Waals surface area contributed by atoms with Gasteiger partial charge in [-0.2, -0.15) is 0 Å². The van der Waals surface area contributed by atoms with Crippen LogP contribution in [0.1, 0.15) is 37.7 Å². The van der Waals surface area contributed by atoms with E-state index in [0.29, 0.717) is 23.4 Å². The van der Waals surface area contributed by atoms with Gasteiger partial charge in [0.25, 0.3) is 0 Å². The molecule has 1 aromatic rings. The smallest absolute Gasteiger partial charge is 0.243 e. The van der Waals surface area contributed by atoms with Gasteiger partial charge in [-0.25, -0.2) is 4.39 Å². The second-order valence-corrected chi connectivity index (χ2v) is 6.30. The molecule has 2 amide bonds. The largest absolute Gasteiger partial charge is 0.350 e. The molecule has 2 fully saturated rings. The number of carbonyl (C=O) groups is 2. The van der Waals surface area contributed by atoms with Crippen molar-refractivity contribution in [2.45, 2.75) is 50.7 Å². The molecule has 1 heterocycles. The highest BCUT2D eigenvalue weighted by molar-refractivity contribution is 6.31. The lowest BCUT2D eigenvalue weighted by molar-refractivity contribution is -0.139. The van der Waals surface area contributed by atoms with Crippen LogP contribution in [0.5, 0.6) is 0 Å². The predicted molar refractivity (Wildman–Crippen MR) is 80.8 cm³/mol. The van der Waals surface area contributed by atoms with E-state index in [4.69, 9.17) is 11.6 Å². The molecule has 1 saturated heterocycles. The third-order valence-corrected chi connectivity index (χ3v) is 4.85. The molecule has 1 atom stereocenters. The van der Waals surface area contributed by atoms with Crippen LogP contribution < -0.4 is 5.32 Å². The van der Waals surface area contributed by atoms with Gasteiger partial charge in [-0.3, -0.25) is 9.59 Å². The van der Waals surface area contributed by atoms with Crippen LogP contribution in [0.4, 0.5) is 4.39 Å². The van der Waals surface area contributed by atoms with E-state index in [-0.39, 0.29) is 30.4 Å². The van der Waals surface area contributed by atoms with Gasteiger partial charge < -0.3 is 10.2 Å². The summed E-state index contributed by atoms with van der Waals surface area (Å²) in [6, 6.07) is 3.94. The summed E-state index contributed by atoms with van der Waals surface area (Å²) in [4.78, 5) is 26.1. The predicted octanol–water partition coefficient (Wildman–Crippen LogP) is 2.64. The van der Waals surface area contributed by atoms with Crippen molar-refractivity contribution < 1.29 is 14.0 Å². The van der Waals surface area contributed by atoms with Crippen molar-refractivity contribution in [3.63, 3.8) is 0 Å². The zero-order valence-corrected chi connectivity index (χ0v) is 12.9. The number of nitrogens with zero attached hydrogens (tertiary/aromatic N) is 1. The number of nitrogens with one attached hydrogen (secondary N) is 1. The van der Waals surface area contributed by atoms with E-state index in [1.54, 1.807) is 11.0 Å². The minimum absolute atomic E-state index is 0.0738. The summed E-state index contributed by atoms with van der Waals surface area (Å²) in [6.07, 6.45) is 4.09. The average Bonchev–Trinajstić information content (AvgIpc) is 2.78. The molecule has 4 nitrogen and oxygen atoms in total. The molecule has 22 heavy (non-hydrogen) atoms. The highest BCUT2D eigenvalue weighted by Gasteiger charge is 2.41. The Hall–Kier alpha value is -1.62. The molecule has 118 valence electrons. The van der Waals surface area contributed by atoms with Gasteiger partial charge in [-0.1, -0.05) is 17.7 Å². The first kappa shape index (κ1) is 15.3. The van der Waals surface area contributed by atoms with Gasteiger partial charge >= 0.3 is 0 Å². The van der Waals surface area contributed by atoms with Gasteiger partial charge in [0, 0.05) is 24.0 Å². The standard InChI is InChI=1S/C16H18ClFN2O2/c17-13-8-11(18)5-4-10(13)9-19-16(22)14-6-7-15(21)20(14)12-2-1-3-12/h4-5,8,12,14H,1-3,6-7,9H2,(H,19,22)/t14-/m1/s1. The summed E-state index contributed by atoms with van der Waals surface area (Å²) in [5.41, 5.74) is 0.663. The minimum Gasteiger partial charge on any atom is -0.350 e. The lowest BCUT2D eigenvalue weighted by atomic mass is 9.91. The lowest BCUT2D eigenvalue weighted by Gasteiger charge is -2.38. The van der Waals surface area contributed by atoms with Gasteiger partial charge in [0.05, 0.1) is 0 Å². The van der Waals surface area contributed by atoms with Crippen molar-refractivity contribution in [1.29, 1.82) is 0 Å². The van der Waals surface area contributed by atoms with Crippen molar-refractivity contribution in [3.8, 4) is 0 Å². The number of carbonyl (C=O) groups excluding carboxylic acids is 2. The number of hydrogen-bond donors (Lipinski definition) is 1. The van der Waals surface area contributed by atoms with Crippen LogP contribution >= 0.6 is 11.6 Å². The number of benzene rings is 1. The first-order valence-corrected chi connectivity index (χ1v) is 7.97. The normalized spacial score (nSPS) is 21.8. The molecule has 6 heteroatoms. The maximum Gasteiger partial charge on any atom is 0.243 e. The number of likely N-dealkylation sites (tertiary alicyclic amines) is 1. The molecule has 3 rings (SSSR count). The summed E-state index contributed by atoms with van der Waals surface area (Å²) in [7, 11) is 0. The van der Waals surface area contributed by atoms with Gasteiger partial charge in [0.2, 0.25) is 11.8 Å². The summed E-state index contributed by atoms with van der Waals surface area (Å²) >= 11 is 5.95. The Balaban J connectivity index is 1.62. The van der Waals surface area contributed by atoms with Crippen molar-refractivity contribution in [2.24, 2.45) is 0 Å². The first-order chi connectivity index (χ1) is 10.6. The Kier molecular flexibility index (Phi) is 4.34. The Labute approximate surface area is 133 Å². The van der Waals surface area contributed by atoms with Gasteiger partial charge in [-0.05, 0) is 43.4 Å². The van der Waals surface area contributed by atoms with E-state index in [1.165, 1.54) is 12.1 Å². The maximum absolute atomic E-state index is 13.0. The molecule has 0 spiro atoms. The molecule has 1 saturated carbocycles. The lowest BCUT2D eigenvalue weighted by Crippen LogP contribution is -2.51. The summed E-state index contributed by atoms with van der Waals surface area (Å²) in [6.45, 7) is 0.237. The summed E-state index contributed by atoms with van der Waals surface area (Å²) < 4.78 is 13.0. The number of hydrogen-bond acceptors (Lipinski definition) is 2. The molecule has 1 N–H and O–H groups in total. The van der Waals surface area contributed by atoms with E-state index in [1.807, 2.05) is 0 Å². The fraction of sp³-hybridized carbons (Fsp3) is 0.500. The quantitative estimate of drug-likeness (QED) is 0.925. The number of halogens is 2. The third-order valence-electron chi connectivity index (χ3n) is 4.49. The third kappa shape index (κ3) is 2.95. The van der Waals surface area contributed by atoms with Crippen molar-refractivity contribution in [3.05, 3.63) is 34.6 Å². The van der Waals surface area contributed by atoms with Gasteiger partial charge in [-0.15, -0.1) is 0 Å². The monoisotopic (exact) mass is 324 g/mol. The van der Waals surface area contributed by atoms with E-state index in [2.05, 4.69) is 5.32 Å². The van der Waals surface area contributed by atoms with Crippen LogP contribution in [-0.4, -0.2) is 28.8 Å². The SMILES string of the molecule is O=C(NCc1ccc(F)cc1Cl)[C@H]1CCC(=O)N1C1CCC1. The fourth-order valence-electron chi connectivity index (χ4n) is 3.05. The van der Waals surface area contributed by atoms with Crippen LogP contribution in [0.25, 0.3) is 0 Å². The zero-order chi connectivity index (χ0) is 15.7. The van der Waals surface area contributed by atoms with Gasteiger partial charge in [0.15, 0.2) is 0 Å². The molecule has 1 aliphatic carbocycles. The highest BCUT2D eigenvalue weighted by atomic mass is 35.5. The molecule has 0 unspecified atom stereocenters. The molecule has 1 aromatic carbocycles. The van der Waals surface area contributed by atoms with Crippen LogP contribution in [-0.2, 0) is 16.1 Å². The van der Waals surface area contributed by atoms with E-state index >= 15 is 0 Å². The second kappa shape index (κ2) is 6.24. The highest BCUT2D eigenvalue weighted by Crippen LogP contribution is 2.32. The number of rotatable bonds is 4. The molecule has 2 aliphatic rings. The first-order valence-electron chi connectivity index (χ1n) is 7.59. The van der Waals surface area contributed by atoms with Crippen LogP contribution in [0.2, 0.25) is 5.02 Å². The summed E-state index contributed by atoms with van der Waals surface area (Å²) in [5, 5.41) is 3.11. The topological polar surface area (TPSA) is 49.4 Å².